The molecule has 5 heteroatoms. The number of hydrogen-bond donors (Lipinski definition) is 2. The molecular weight excluding hydrogens is 264 g/mol. The van der Waals surface area contributed by atoms with Crippen LogP contribution in [-0.2, 0) is 6.42 Å². The number of aromatic hydroxyl groups is 1. The third kappa shape index (κ3) is 3.32. The van der Waals surface area contributed by atoms with Gasteiger partial charge in [0.05, 0.1) is 0 Å². The molecule has 0 aliphatic rings. The van der Waals surface area contributed by atoms with Crippen LogP contribution >= 0.6 is 0 Å². The Balaban J connectivity index is 1.92. The normalized spacial score (nSPS) is 10.3. The minimum Gasteiger partial charge on any atom is -0.508 e. The fourth-order valence-electron chi connectivity index (χ4n) is 1.77. The summed E-state index contributed by atoms with van der Waals surface area (Å²) in [7, 11) is 0. The van der Waals surface area contributed by atoms with Gasteiger partial charge >= 0.3 is 0 Å². The van der Waals surface area contributed by atoms with Gasteiger partial charge in [-0.2, -0.15) is 0 Å². The van der Waals surface area contributed by atoms with E-state index in [1.54, 1.807) is 24.3 Å². The highest BCUT2D eigenvalue weighted by Gasteiger charge is 2.09. The van der Waals surface area contributed by atoms with Gasteiger partial charge in [0.2, 0.25) is 0 Å². The predicted molar refractivity (Wildman–Crippen MR) is 70.5 cm³/mol. The Morgan fingerprint density at radius 3 is 2.55 bits per heavy atom. The smallest absolute Gasteiger partial charge is 0.251 e. The molecule has 2 aromatic rings. The Kier molecular flexibility index (Phi) is 4.30. The maximum Gasteiger partial charge on any atom is 0.251 e. The minimum atomic E-state index is -1.06. The Morgan fingerprint density at radius 2 is 1.85 bits per heavy atom. The lowest BCUT2D eigenvalue weighted by atomic mass is 10.1. The first kappa shape index (κ1) is 14.0. The molecule has 0 atom stereocenters. The first-order valence-corrected chi connectivity index (χ1v) is 6.08. The number of carbonyl (C=O) groups is 1. The summed E-state index contributed by atoms with van der Waals surface area (Å²) in [6.07, 6.45) is 0.447. The van der Waals surface area contributed by atoms with Crippen molar-refractivity contribution in [3.63, 3.8) is 0 Å². The van der Waals surface area contributed by atoms with Crippen LogP contribution in [0.5, 0.6) is 5.75 Å². The van der Waals surface area contributed by atoms with Crippen molar-refractivity contribution in [2.24, 2.45) is 0 Å². The molecule has 2 N–H and O–H groups in total. The van der Waals surface area contributed by atoms with E-state index in [4.69, 9.17) is 0 Å². The summed E-state index contributed by atoms with van der Waals surface area (Å²) in [5.41, 5.74) is 0.763. The largest absolute Gasteiger partial charge is 0.508 e. The Hall–Kier alpha value is -2.43. The molecule has 0 heterocycles. The van der Waals surface area contributed by atoms with Gasteiger partial charge in [-0.3, -0.25) is 4.79 Å². The molecule has 0 saturated heterocycles. The molecule has 0 unspecified atom stereocenters. The maximum absolute atomic E-state index is 13.0. The molecule has 0 aliphatic carbocycles. The lowest BCUT2D eigenvalue weighted by Crippen LogP contribution is -2.25. The number of hydrogen-bond acceptors (Lipinski definition) is 2. The standard InChI is InChI=1S/C15H13F2NO2/c16-12-6-5-11(9-13(12)17)15(20)18-8-7-10-3-1-2-4-14(10)19/h1-6,9,19H,7-8H2,(H,18,20). The number of para-hydroxylation sites is 1. The number of rotatable bonds is 4. The third-order valence-corrected chi connectivity index (χ3v) is 2.85. The second-order valence-electron chi connectivity index (χ2n) is 4.26. The van der Waals surface area contributed by atoms with Gasteiger partial charge < -0.3 is 10.4 Å². The summed E-state index contributed by atoms with van der Waals surface area (Å²) < 4.78 is 25.7. The molecule has 0 fully saturated rings. The quantitative estimate of drug-likeness (QED) is 0.902. The molecule has 0 aromatic heterocycles. The van der Waals surface area contributed by atoms with Gasteiger partial charge in [0.15, 0.2) is 11.6 Å². The van der Waals surface area contributed by atoms with Crippen molar-refractivity contribution in [1.82, 2.24) is 5.32 Å². The summed E-state index contributed by atoms with van der Waals surface area (Å²) in [5, 5.41) is 12.1. The van der Waals surface area contributed by atoms with Crippen molar-refractivity contribution in [3.05, 3.63) is 65.2 Å². The molecule has 0 aliphatic heterocycles. The van der Waals surface area contributed by atoms with Crippen molar-refractivity contribution in [3.8, 4) is 5.75 Å². The summed E-state index contributed by atoms with van der Waals surface area (Å²) in [4.78, 5) is 11.7. The number of carbonyl (C=O) groups excluding carboxylic acids is 1. The molecule has 104 valence electrons. The first-order chi connectivity index (χ1) is 9.58. The van der Waals surface area contributed by atoms with Crippen LogP contribution in [0, 0.1) is 11.6 Å². The number of benzene rings is 2. The van der Waals surface area contributed by atoms with Gasteiger partial charge in [-0.25, -0.2) is 8.78 Å². The Labute approximate surface area is 114 Å². The summed E-state index contributed by atoms with van der Waals surface area (Å²) in [6.45, 7) is 0.287. The van der Waals surface area contributed by atoms with Gasteiger partial charge in [-0.1, -0.05) is 18.2 Å². The molecule has 0 radical (unpaired) electrons. The molecule has 0 spiro atoms. The highest BCUT2D eigenvalue weighted by molar-refractivity contribution is 5.94. The number of nitrogens with one attached hydrogen (secondary N) is 1. The van der Waals surface area contributed by atoms with Crippen molar-refractivity contribution in [2.75, 3.05) is 6.54 Å². The van der Waals surface area contributed by atoms with Crippen molar-refractivity contribution in [2.45, 2.75) is 6.42 Å². The molecule has 0 saturated carbocycles. The maximum atomic E-state index is 13.0. The molecule has 0 bridgehead atoms. The van der Waals surface area contributed by atoms with Crippen molar-refractivity contribution in [1.29, 1.82) is 0 Å². The molecular formula is C15H13F2NO2. The minimum absolute atomic E-state index is 0.0567. The van der Waals surface area contributed by atoms with E-state index < -0.39 is 17.5 Å². The van der Waals surface area contributed by atoms with Gasteiger partial charge in [0.25, 0.3) is 5.91 Å². The third-order valence-electron chi connectivity index (χ3n) is 2.85. The zero-order valence-corrected chi connectivity index (χ0v) is 10.6. The lowest BCUT2D eigenvalue weighted by molar-refractivity contribution is 0.0953. The van der Waals surface area contributed by atoms with Crippen LogP contribution in [0.1, 0.15) is 15.9 Å². The predicted octanol–water partition coefficient (Wildman–Crippen LogP) is 2.64. The van der Waals surface area contributed by atoms with E-state index in [0.717, 1.165) is 12.1 Å². The molecule has 2 aromatic carbocycles. The SMILES string of the molecule is O=C(NCCc1ccccc1O)c1ccc(F)c(F)c1. The fourth-order valence-corrected chi connectivity index (χ4v) is 1.77. The van der Waals surface area contributed by atoms with Crippen LogP contribution in [0.2, 0.25) is 0 Å². The fraction of sp³-hybridized carbons (Fsp3) is 0.133. The number of phenols is 1. The van der Waals surface area contributed by atoms with Crippen LogP contribution in [0.4, 0.5) is 8.78 Å². The van der Waals surface area contributed by atoms with E-state index in [1.165, 1.54) is 6.07 Å². The molecule has 1 amide bonds. The van der Waals surface area contributed by atoms with E-state index >= 15 is 0 Å². The van der Waals surface area contributed by atoms with Crippen LogP contribution in [-0.4, -0.2) is 17.6 Å². The van der Waals surface area contributed by atoms with Crippen molar-refractivity contribution < 1.29 is 18.7 Å². The Morgan fingerprint density at radius 1 is 1.10 bits per heavy atom. The van der Waals surface area contributed by atoms with E-state index in [1.807, 2.05) is 0 Å². The summed E-state index contributed by atoms with van der Waals surface area (Å²) >= 11 is 0. The van der Waals surface area contributed by atoms with Crippen LogP contribution in [0.15, 0.2) is 42.5 Å². The average molecular weight is 277 g/mol. The summed E-state index contributed by atoms with van der Waals surface area (Å²) in [6, 6.07) is 9.78. The highest BCUT2D eigenvalue weighted by Crippen LogP contribution is 2.15. The summed E-state index contributed by atoms with van der Waals surface area (Å²) in [5.74, 6) is -2.37. The van der Waals surface area contributed by atoms with Gasteiger partial charge in [-0.05, 0) is 36.2 Å². The molecule has 3 nitrogen and oxygen atoms in total. The molecule has 20 heavy (non-hydrogen) atoms. The van der Waals surface area contributed by atoms with E-state index in [9.17, 15) is 18.7 Å². The van der Waals surface area contributed by atoms with E-state index in [2.05, 4.69) is 5.32 Å². The molecule has 2 rings (SSSR count). The number of phenolic OH excluding ortho intramolecular Hbond substituents is 1. The monoisotopic (exact) mass is 277 g/mol. The second kappa shape index (κ2) is 6.14. The first-order valence-electron chi connectivity index (χ1n) is 6.08. The number of amides is 1. The highest BCUT2D eigenvalue weighted by atomic mass is 19.2. The van der Waals surface area contributed by atoms with Crippen molar-refractivity contribution >= 4 is 5.91 Å². The lowest BCUT2D eigenvalue weighted by Gasteiger charge is -2.07. The average Bonchev–Trinajstić information content (AvgIpc) is 2.44. The van der Waals surface area contributed by atoms with Gasteiger partial charge in [-0.15, -0.1) is 0 Å². The van der Waals surface area contributed by atoms with E-state index in [0.29, 0.717) is 12.0 Å². The van der Waals surface area contributed by atoms with Crippen LogP contribution in [0.25, 0.3) is 0 Å². The van der Waals surface area contributed by atoms with E-state index in [-0.39, 0.29) is 17.9 Å². The zero-order valence-electron chi connectivity index (χ0n) is 10.6. The topological polar surface area (TPSA) is 49.3 Å². The Bertz CT molecular complexity index is 629. The zero-order chi connectivity index (χ0) is 14.5. The van der Waals surface area contributed by atoms with Crippen LogP contribution in [0.3, 0.4) is 0 Å². The van der Waals surface area contributed by atoms with Gasteiger partial charge in [0, 0.05) is 12.1 Å². The second-order valence-corrected chi connectivity index (χ2v) is 4.26. The van der Waals surface area contributed by atoms with Gasteiger partial charge in [0.1, 0.15) is 5.75 Å². The number of halogens is 2. The van der Waals surface area contributed by atoms with Crippen LogP contribution < -0.4 is 5.32 Å².